The average molecular weight is 258 g/mol. The Balaban J connectivity index is 2.34. The molecule has 1 unspecified atom stereocenters. The minimum atomic E-state index is -0.424. The quantitative estimate of drug-likeness (QED) is 0.426. The van der Waals surface area contributed by atoms with Gasteiger partial charge in [-0.2, -0.15) is 0 Å². The highest BCUT2D eigenvalue weighted by molar-refractivity contribution is 6.17. The van der Waals surface area contributed by atoms with Crippen LogP contribution in [0.3, 0.4) is 0 Å². The maximum Gasteiger partial charge on any atom is 0.269 e. The van der Waals surface area contributed by atoms with Crippen LogP contribution in [0.25, 0.3) is 0 Å². The lowest BCUT2D eigenvalue weighted by Crippen LogP contribution is -2.04. The number of hydrogen-bond acceptors (Lipinski definition) is 3. The summed E-state index contributed by atoms with van der Waals surface area (Å²) in [7, 11) is 0. The fraction of sp³-hybridized carbons (Fsp3) is 0.500. The molecule has 0 amide bonds. The van der Waals surface area contributed by atoms with Gasteiger partial charge in [0, 0.05) is 18.0 Å². The first kappa shape index (κ1) is 13.8. The average Bonchev–Trinajstić information content (AvgIpc) is 2.30. The Bertz CT molecular complexity index is 353. The molecule has 17 heavy (non-hydrogen) atoms. The Morgan fingerprint density at radius 1 is 1.35 bits per heavy atom. The standard InChI is InChI=1S/C12H16ClNO3/c1-10(6-8-13)7-9-17-12-4-2-11(3-5-12)14(15)16/h2-5,10H,6-9H2,1H3. The van der Waals surface area contributed by atoms with Gasteiger partial charge in [0.2, 0.25) is 0 Å². The number of nitro benzene ring substituents is 1. The second-order valence-corrected chi connectivity index (χ2v) is 4.35. The number of nitro groups is 1. The molecule has 0 aliphatic carbocycles. The lowest BCUT2D eigenvalue weighted by molar-refractivity contribution is -0.384. The normalized spacial score (nSPS) is 12.1. The van der Waals surface area contributed by atoms with Crippen molar-refractivity contribution in [3.63, 3.8) is 0 Å². The second-order valence-electron chi connectivity index (χ2n) is 3.97. The first-order valence-corrected chi connectivity index (χ1v) is 6.10. The zero-order chi connectivity index (χ0) is 12.7. The van der Waals surface area contributed by atoms with Crippen LogP contribution in [0.5, 0.6) is 5.75 Å². The molecule has 0 heterocycles. The molecular formula is C12H16ClNO3. The van der Waals surface area contributed by atoms with Gasteiger partial charge in [-0.15, -0.1) is 11.6 Å². The van der Waals surface area contributed by atoms with Gasteiger partial charge in [-0.3, -0.25) is 10.1 Å². The summed E-state index contributed by atoms with van der Waals surface area (Å²) in [6.45, 7) is 2.73. The molecule has 0 saturated heterocycles. The molecule has 1 rings (SSSR count). The molecule has 0 spiro atoms. The van der Waals surface area contributed by atoms with E-state index in [0.717, 1.165) is 12.8 Å². The third-order valence-electron chi connectivity index (χ3n) is 2.53. The molecule has 0 saturated carbocycles. The third kappa shape index (κ3) is 5.04. The molecule has 94 valence electrons. The van der Waals surface area contributed by atoms with E-state index < -0.39 is 4.92 Å². The van der Waals surface area contributed by atoms with Gasteiger partial charge < -0.3 is 4.74 Å². The summed E-state index contributed by atoms with van der Waals surface area (Å²) < 4.78 is 5.49. The van der Waals surface area contributed by atoms with E-state index in [4.69, 9.17) is 16.3 Å². The van der Waals surface area contributed by atoms with Gasteiger partial charge in [-0.25, -0.2) is 0 Å². The number of halogens is 1. The molecule has 0 aromatic heterocycles. The van der Waals surface area contributed by atoms with E-state index in [9.17, 15) is 10.1 Å². The van der Waals surface area contributed by atoms with E-state index in [1.807, 2.05) is 0 Å². The lowest BCUT2D eigenvalue weighted by Gasteiger charge is -2.10. The molecule has 0 fully saturated rings. The molecule has 0 aliphatic rings. The molecule has 1 atom stereocenters. The minimum absolute atomic E-state index is 0.0767. The monoisotopic (exact) mass is 257 g/mol. The highest BCUT2D eigenvalue weighted by atomic mass is 35.5. The van der Waals surface area contributed by atoms with Crippen LogP contribution in [0.4, 0.5) is 5.69 Å². The Hall–Kier alpha value is -1.29. The van der Waals surface area contributed by atoms with Crippen molar-refractivity contribution in [1.82, 2.24) is 0 Å². The summed E-state index contributed by atoms with van der Waals surface area (Å²) in [4.78, 5) is 10.0. The number of alkyl halides is 1. The lowest BCUT2D eigenvalue weighted by atomic mass is 10.1. The SMILES string of the molecule is CC(CCCl)CCOc1ccc([N+](=O)[O-])cc1. The highest BCUT2D eigenvalue weighted by Gasteiger charge is 2.05. The zero-order valence-electron chi connectivity index (χ0n) is 9.77. The molecule has 0 aliphatic heterocycles. The van der Waals surface area contributed by atoms with E-state index in [0.29, 0.717) is 24.2 Å². The Morgan fingerprint density at radius 2 is 2.00 bits per heavy atom. The molecule has 4 nitrogen and oxygen atoms in total. The van der Waals surface area contributed by atoms with E-state index in [1.165, 1.54) is 12.1 Å². The van der Waals surface area contributed by atoms with Gasteiger partial charge in [-0.1, -0.05) is 6.92 Å². The predicted molar refractivity (Wildman–Crippen MR) is 67.7 cm³/mol. The molecule has 0 radical (unpaired) electrons. The molecule has 0 N–H and O–H groups in total. The van der Waals surface area contributed by atoms with Gasteiger partial charge in [0.15, 0.2) is 0 Å². The van der Waals surface area contributed by atoms with Gasteiger partial charge in [0.1, 0.15) is 5.75 Å². The number of ether oxygens (including phenoxy) is 1. The van der Waals surface area contributed by atoms with E-state index in [-0.39, 0.29) is 5.69 Å². The number of benzene rings is 1. The van der Waals surface area contributed by atoms with E-state index in [1.54, 1.807) is 12.1 Å². The first-order chi connectivity index (χ1) is 8.13. The van der Waals surface area contributed by atoms with Gasteiger partial charge in [0.05, 0.1) is 11.5 Å². The Labute approximate surface area is 106 Å². The molecule has 1 aromatic carbocycles. The number of hydrogen-bond donors (Lipinski definition) is 0. The summed E-state index contributed by atoms with van der Waals surface area (Å²) in [5.41, 5.74) is 0.0767. The van der Waals surface area contributed by atoms with Crippen LogP contribution in [0.2, 0.25) is 0 Å². The van der Waals surface area contributed by atoms with Crippen molar-refractivity contribution in [2.75, 3.05) is 12.5 Å². The van der Waals surface area contributed by atoms with Crippen LogP contribution in [0.1, 0.15) is 19.8 Å². The molecule has 1 aromatic rings. The molecule has 0 bridgehead atoms. The number of non-ortho nitro benzene ring substituents is 1. The summed E-state index contributed by atoms with van der Waals surface area (Å²) in [6.07, 6.45) is 1.91. The predicted octanol–water partition coefficient (Wildman–Crippen LogP) is 3.63. The van der Waals surface area contributed by atoms with E-state index in [2.05, 4.69) is 6.92 Å². The molecular weight excluding hydrogens is 242 g/mol. The second kappa shape index (κ2) is 7.12. The topological polar surface area (TPSA) is 52.4 Å². The van der Waals surface area contributed by atoms with Crippen LogP contribution < -0.4 is 4.74 Å². The van der Waals surface area contributed by atoms with Gasteiger partial charge in [0.25, 0.3) is 5.69 Å². The van der Waals surface area contributed by atoms with Crippen molar-refractivity contribution in [3.05, 3.63) is 34.4 Å². The van der Waals surface area contributed by atoms with Gasteiger partial charge >= 0.3 is 0 Å². The summed E-state index contributed by atoms with van der Waals surface area (Å²) in [5.74, 6) is 1.86. The highest BCUT2D eigenvalue weighted by Crippen LogP contribution is 2.18. The van der Waals surface area contributed by atoms with E-state index >= 15 is 0 Å². The van der Waals surface area contributed by atoms with Crippen molar-refractivity contribution in [2.45, 2.75) is 19.8 Å². The van der Waals surface area contributed by atoms with Crippen LogP contribution in [0, 0.1) is 16.0 Å². The fourth-order valence-electron chi connectivity index (χ4n) is 1.37. The maximum absolute atomic E-state index is 10.4. The summed E-state index contributed by atoms with van der Waals surface area (Å²) in [5, 5.41) is 10.4. The van der Waals surface area contributed by atoms with Crippen molar-refractivity contribution in [1.29, 1.82) is 0 Å². The van der Waals surface area contributed by atoms with Crippen molar-refractivity contribution in [3.8, 4) is 5.75 Å². The Morgan fingerprint density at radius 3 is 2.53 bits per heavy atom. The Kier molecular flexibility index (Phi) is 5.77. The first-order valence-electron chi connectivity index (χ1n) is 5.56. The summed E-state index contributed by atoms with van der Waals surface area (Å²) >= 11 is 5.63. The number of rotatable bonds is 7. The largest absolute Gasteiger partial charge is 0.494 e. The smallest absolute Gasteiger partial charge is 0.269 e. The van der Waals surface area contributed by atoms with Crippen molar-refractivity contribution < 1.29 is 9.66 Å². The van der Waals surface area contributed by atoms with Crippen LogP contribution in [-0.4, -0.2) is 17.4 Å². The maximum atomic E-state index is 10.4. The summed E-state index contributed by atoms with van der Waals surface area (Å²) in [6, 6.07) is 6.11. The minimum Gasteiger partial charge on any atom is -0.494 e. The van der Waals surface area contributed by atoms with Crippen molar-refractivity contribution in [2.24, 2.45) is 5.92 Å². The van der Waals surface area contributed by atoms with Crippen LogP contribution in [-0.2, 0) is 0 Å². The number of nitrogens with zero attached hydrogens (tertiary/aromatic N) is 1. The van der Waals surface area contributed by atoms with Crippen LogP contribution >= 0.6 is 11.6 Å². The fourth-order valence-corrected chi connectivity index (χ4v) is 1.75. The van der Waals surface area contributed by atoms with Gasteiger partial charge in [-0.05, 0) is 30.9 Å². The third-order valence-corrected chi connectivity index (χ3v) is 2.75. The zero-order valence-corrected chi connectivity index (χ0v) is 10.5. The van der Waals surface area contributed by atoms with Crippen molar-refractivity contribution >= 4 is 17.3 Å². The molecule has 5 heteroatoms. The van der Waals surface area contributed by atoms with Crippen LogP contribution in [0.15, 0.2) is 24.3 Å².